The van der Waals surface area contributed by atoms with E-state index in [1.807, 2.05) is 62.4 Å². The number of nitrogens with one attached hydrogen (secondary N) is 1. The number of nitrogens with zero attached hydrogens (tertiary/aromatic N) is 1. The van der Waals surface area contributed by atoms with Crippen molar-refractivity contribution in [3.63, 3.8) is 0 Å². The Bertz CT molecular complexity index is 889. The second-order valence-corrected chi connectivity index (χ2v) is 7.03. The van der Waals surface area contributed by atoms with Crippen LogP contribution in [-0.2, 0) is 4.79 Å². The van der Waals surface area contributed by atoms with Gasteiger partial charge in [-0.3, -0.25) is 4.79 Å². The normalized spacial score (nSPS) is 11.7. The summed E-state index contributed by atoms with van der Waals surface area (Å²) in [5, 5.41) is 4.48. The van der Waals surface area contributed by atoms with E-state index in [2.05, 4.69) is 10.3 Å². The molecule has 0 radical (unpaired) electrons. The van der Waals surface area contributed by atoms with Crippen molar-refractivity contribution in [1.29, 1.82) is 0 Å². The third-order valence-electron chi connectivity index (χ3n) is 3.92. The molecule has 6 heteroatoms. The van der Waals surface area contributed by atoms with E-state index in [-0.39, 0.29) is 11.9 Å². The monoisotopic (exact) mass is 382 g/mol. The topological polar surface area (TPSA) is 60.5 Å². The molecule has 0 spiro atoms. The van der Waals surface area contributed by atoms with Crippen molar-refractivity contribution in [2.45, 2.75) is 26.8 Å². The molecule has 0 saturated heterocycles. The average molecular weight is 382 g/mol. The van der Waals surface area contributed by atoms with Gasteiger partial charge in [-0.1, -0.05) is 23.5 Å². The van der Waals surface area contributed by atoms with E-state index in [4.69, 9.17) is 9.47 Å². The van der Waals surface area contributed by atoms with Gasteiger partial charge in [-0.2, -0.15) is 0 Å². The number of hydrogen-bond acceptors (Lipinski definition) is 5. The maximum absolute atomic E-state index is 11.2. The van der Waals surface area contributed by atoms with Crippen LogP contribution in [0.25, 0.3) is 10.6 Å². The Morgan fingerprint density at radius 3 is 2.41 bits per heavy atom. The summed E-state index contributed by atoms with van der Waals surface area (Å²) in [4.78, 5) is 15.6. The van der Waals surface area contributed by atoms with E-state index >= 15 is 0 Å². The van der Waals surface area contributed by atoms with Crippen LogP contribution in [0.1, 0.15) is 32.4 Å². The molecule has 1 heterocycles. The zero-order chi connectivity index (χ0) is 19.2. The lowest BCUT2D eigenvalue weighted by molar-refractivity contribution is -0.119. The van der Waals surface area contributed by atoms with Gasteiger partial charge in [-0.05, 0) is 55.8 Å². The Morgan fingerprint density at radius 2 is 1.78 bits per heavy atom. The van der Waals surface area contributed by atoms with E-state index in [9.17, 15) is 4.79 Å². The minimum atomic E-state index is -0.0469. The van der Waals surface area contributed by atoms with Gasteiger partial charge >= 0.3 is 0 Å². The maximum atomic E-state index is 11.2. The van der Waals surface area contributed by atoms with Crippen molar-refractivity contribution in [1.82, 2.24) is 10.3 Å². The molecular weight excluding hydrogens is 360 g/mol. The van der Waals surface area contributed by atoms with Gasteiger partial charge in [0.1, 0.15) is 16.5 Å². The average Bonchev–Trinajstić information content (AvgIpc) is 3.11. The zero-order valence-corrected chi connectivity index (χ0v) is 16.4. The van der Waals surface area contributed by atoms with Gasteiger partial charge in [0.15, 0.2) is 0 Å². The molecule has 0 aliphatic heterocycles. The molecule has 1 unspecified atom stereocenters. The number of benzene rings is 2. The molecule has 5 nitrogen and oxygen atoms in total. The highest BCUT2D eigenvalue weighted by molar-refractivity contribution is 7.16. The largest absolute Gasteiger partial charge is 0.494 e. The second-order valence-electron chi connectivity index (χ2n) is 6.04. The fraction of sp³-hybridized carbons (Fsp3) is 0.238. The third kappa shape index (κ3) is 5.08. The smallest absolute Gasteiger partial charge is 0.217 e. The summed E-state index contributed by atoms with van der Waals surface area (Å²) in [5.41, 5.74) is 2.05. The van der Waals surface area contributed by atoms with Gasteiger partial charge in [0.25, 0.3) is 0 Å². The molecule has 1 atom stereocenters. The molecule has 27 heavy (non-hydrogen) atoms. The van der Waals surface area contributed by atoms with Crippen LogP contribution in [0.3, 0.4) is 0 Å². The van der Waals surface area contributed by atoms with Crippen molar-refractivity contribution < 1.29 is 14.3 Å². The van der Waals surface area contributed by atoms with Crippen LogP contribution >= 0.6 is 11.3 Å². The highest BCUT2D eigenvalue weighted by Crippen LogP contribution is 2.34. The van der Waals surface area contributed by atoms with Crippen molar-refractivity contribution in [2.24, 2.45) is 0 Å². The molecular formula is C21H22N2O3S. The van der Waals surface area contributed by atoms with Crippen LogP contribution < -0.4 is 14.8 Å². The molecule has 3 rings (SSSR count). The fourth-order valence-corrected chi connectivity index (χ4v) is 3.42. The second kappa shape index (κ2) is 8.68. The minimum absolute atomic E-state index is 0.0359. The van der Waals surface area contributed by atoms with Crippen molar-refractivity contribution in [3.05, 3.63) is 60.3 Å². The molecule has 0 saturated carbocycles. The van der Waals surface area contributed by atoms with Crippen LogP contribution in [0.15, 0.2) is 54.7 Å². The van der Waals surface area contributed by atoms with Crippen molar-refractivity contribution in [2.75, 3.05) is 6.61 Å². The predicted octanol–water partition coefficient (Wildman–Crippen LogP) is 5.20. The van der Waals surface area contributed by atoms with Gasteiger partial charge in [0.05, 0.1) is 18.8 Å². The van der Waals surface area contributed by atoms with Crippen LogP contribution in [0, 0.1) is 0 Å². The van der Waals surface area contributed by atoms with Crippen LogP contribution in [0.2, 0.25) is 0 Å². The van der Waals surface area contributed by atoms with Gasteiger partial charge in [0, 0.05) is 12.5 Å². The van der Waals surface area contributed by atoms with Crippen molar-refractivity contribution >= 4 is 17.2 Å². The first-order valence-corrected chi connectivity index (χ1v) is 9.60. The third-order valence-corrected chi connectivity index (χ3v) is 4.84. The summed E-state index contributed by atoms with van der Waals surface area (Å²) in [5.74, 6) is 1.54. The summed E-state index contributed by atoms with van der Waals surface area (Å²) in [6.45, 7) is 6.08. The highest BCUT2D eigenvalue weighted by atomic mass is 32.1. The number of thiazole rings is 1. The van der Waals surface area contributed by atoms with Crippen molar-refractivity contribution in [3.8, 4) is 27.1 Å². The SMILES string of the molecule is CCOc1ccc(-c2ncc(Oc3ccc(C(C)NC(C)=O)cc3)s2)cc1. The molecule has 1 amide bonds. The lowest BCUT2D eigenvalue weighted by atomic mass is 10.1. The number of ether oxygens (including phenoxy) is 2. The molecule has 140 valence electrons. The Labute approximate surface area is 163 Å². The van der Waals surface area contributed by atoms with E-state index in [1.54, 1.807) is 6.20 Å². The maximum Gasteiger partial charge on any atom is 0.217 e. The lowest BCUT2D eigenvalue weighted by Crippen LogP contribution is -2.23. The number of amides is 1. The number of carbonyl (C=O) groups excluding carboxylic acids is 1. The van der Waals surface area contributed by atoms with E-state index in [0.29, 0.717) is 6.61 Å². The molecule has 0 fully saturated rings. The van der Waals surface area contributed by atoms with Gasteiger partial charge in [-0.25, -0.2) is 4.98 Å². The number of hydrogen-bond donors (Lipinski definition) is 1. The Morgan fingerprint density at radius 1 is 1.11 bits per heavy atom. The first-order chi connectivity index (χ1) is 13.0. The van der Waals surface area contributed by atoms with E-state index in [1.165, 1.54) is 18.3 Å². The summed E-state index contributed by atoms with van der Waals surface area (Å²) < 4.78 is 11.4. The number of aromatic nitrogens is 1. The lowest BCUT2D eigenvalue weighted by Gasteiger charge is -2.13. The number of rotatable bonds is 7. The zero-order valence-electron chi connectivity index (χ0n) is 15.6. The molecule has 0 aliphatic carbocycles. The van der Waals surface area contributed by atoms with Crippen LogP contribution in [-0.4, -0.2) is 17.5 Å². The Kier molecular flexibility index (Phi) is 6.08. The van der Waals surface area contributed by atoms with Gasteiger partial charge in [-0.15, -0.1) is 0 Å². The standard InChI is InChI=1S/C21H22N2O3S/c1-4-25-18-9-7-17(8-10-18)21-22-13-20(27-21)26-19-11-5-16(6-12-19)14(2)23-15(3)24/h5-14H,4H2,1-3H3,(H,23,24). The first kappa shape index (κ1) is 18.9. The minimum Gasteiger partial charge on any atom is -0.494 e. The highest BCUT2D eigenvalue weighted by Gasteiger charge is 2.09. The first-order valence-electron chi connectivity index (χ1n) is 8.79. The summed E-state index contributed by atoms with van der Waals surface area (Å²) >= 11 is 1.49. The quantitative estimate of drug-likeness (QED) is 0.610. The summed E-state index contributed by atoms with van der Waals surface area (Å²) in [6.07, 6.45) is 1.73. The molecule has 1 N–H and O–H groups in total. The van der Waals surface area contributed by atoms with Crippen LogP contribution in [0.4, 0.5) is 0 Å². The molecule has 2 aromatic carbocycles. The van der Waals surface area contributed by atoms with Gasteiger partial charge < -0.3 is 14.8 Å². The summed E-state index contributed by atoms with van der Waals surface area (Å²) in [7, 11) is 0. The fourth-order valence-electron chi connectivity index (χ4n) is 2.63. The van der Waals surface area contributed by atoms with Crippen LogP contribution in [0.5, 0.6) is 16.6 Å². The molecule has 0 bridgehead atoms. The molecule has 1 aromatic heterocycles. The van der Waals surface area contributed by atoms with Gasteiger partial charge in [0.2, 0.25) is 11.0 Å². The Balaban J connectivity index is 1.66. The number of carbonyl (C=O) groups is 1. The van der Waals surface area contributed by atoms with E-state index < -0.39 is 0 Å². The van der Waals surface area contributed by atoms with E-state index in [0.717, 1.165) is 32.7 Å². The Hall–Kier alpha value is -2.86. The summed E-state index contributed by atoms with van der Waals surface area (Å²) in [6, 6.07) is 15.5. The molecule has 0 aliphatic rings. The molecule has 3 aromatic rings. The predicted molar refractivity (Wildman–Crippen MR) is 107 cm³/mol.